The Kier molecular flexibility index (Phi) is 22.8. The largest absolute Gasteiger partial charge is 0.481 e. The van der Waals surface area contributed by atoms with E-state index in [4.69, 9.17) is 15.6 Å². The van der Waals surface area contributed by atoms with Crippen LogP contribution in [-0.2, 0) is 83.3 Å². The maximum atomic E-state index is 13.5. The Morgan fingerprint density at radius 3 is 1.92 bits per heavy atom. The van der Waals surface area contributed by atoms with Crippen molar-refractivity contribution in [2.24, 2.45) is 11.7 Å². The van der Waals surface area contributed by atoms with Gasteiger partial charge in [-0.3, -0.25) is 72.3 Å². The van der Waals surface area contributed by atoms with Gasteiger partial charge in [-0.25, -0.2) is 0 Å². The van der Waals surface area contributed by atoms with Crippen molar-refractivity contribution >= 4 is 70.9 Å². The Hall–Kier alpha value is -7.55. The van der Waals surface area contributed by atoms with Crippen molar-refractivity contribution in [2.75, 3.05) is 70.3 Å². The minimum Gasteiger partial charge on any atom is -0.481 e. The number of cyclic esters (lactones) is 1. The number of hydrogen-bond acceptors (Lipinski definition) is 16. The number of aliphatic hydroxyl groups excluding tert-OH is 1. The first kappa shape index (κ1) is 60.3. The van der Waals surface area contributed by atoms with Gasteiger partial charge < -0.3 is 57.5 Å². The number of ether oxygens (including phenoxy) is 1. The molecule has 4 aliphatic rings. The molecule has 4 heterocycles. The molecule has 420 valence electrons. The lowest BCUT2D eigenvalue weighted by Gasteiger charge is -2.29. The summed E-state index contributed by atoms with van der Waals surface area (Å²) in [6.45, 7) is 6.34. The van der Waals surface area contributed by atoms with E-state index in [9.17, 15) is 68.1 Å². The number of nitrogens with one attached hydrogen (secondary N) is 5. The highest BCUT2D eigenvalue weighted by atomic mass is 16.6. The summed E-state index contributed by atoms with van der Waals surface area (Å²) in [5.41, 5.74) is 9.08. The summed E-state index contributed by atoms with van der Waals surface area (Å²) in [7, 11) is 0. The first-order chi connectivity index (χ1) is 36.6. The van der Waals surface area contributed by atoms with Crippen molar-refractivity contribution in [1.82, 2.24) is 41.3 Å². The number of anilines is 1. The van der Waals surface area contributed by atoms with Gasteiger partial charge in [0.2, 0.25) is 47.6 Å². The summed E-state index contributed by atoms with van der Waals surface area (Å²) in [6.07, 6.45) is 0.356. The van der Waals surface area contributed by atoms with Crippen molar-refractivity contribution in [3.8, 4) is 0 Å². The summed E-state index contributed by atoms with van der Waals surface area (Å²) in [5.74, 6) is -7.16. The lowest BCUT2D eigenvalue weighted by Crippen LogP contribution is -2.56. The third kappa shape index (κ3) is 19.2. The van der Waals surface area contributed by atoms with Gasteiger partial charge in [0.1, 0.15) is 24.2 Å². The first-order valence-electron chi connectivity index (χ1n) is 25.5. The van der Waals surface area contributed by atoms with E-state index in [-0.39, 0.29) is 50.1 Å². The van der Waals surface area contributed by atoms with E-state index in [1.165, 1.54) is 4.90 Å². The molecule has 2 aromatic carbocycles. The number of hydrogen-bond donors (Lipinski definition) is 10. The molecule has 11 N–H and O–H groups in total. The van der Waals surface area contributed by atoms with Crippen LogP contribution in [0.25, 0.3) is 0 Å². The second-order valence-electron chi connectivity index (χ2n) is 19.6. The van der Waals surface area contributed by atoms with E-state index in [0.717, 1.165) is 28.8 Å². The molecule has 6 unspecified atom stereocenters. The second-order valence-corrected chi connectivity index (χ2v) is 19.6. The molecule has 2 saturated heterocycles. The van der Waals surface area contributed by atoms with Crippen LogP contribution in [0.2, 0.25) is 0 Å². The van der Waals surface area contributed by atoms with Crippen LogP contribution in [0.15, 0.2) is 42.5 Å². The van der Waals surface area contributed by atoms with Crippen LogP contribution >= 0.6 is 0 Å². The lowest BCUT2D eigenvalue weighted by molar-refractivity contribution is -0.155. The highest BCUT2D eigenvalue weighted by Crippen LogP contribution is 2.39. The minimum atomic E-state index is -1.40. The maximum absolute atomic E-state index is 13.5. The number of esters is 1. The van der Waals surface area contributed by atoms with Crippen molar-refractivity contribution in [1.29, 1.82) is 0 Å². The van der Waals surface area contributed by atoms with E-state index in [1.54, 1.807) is 21.9 Å². The number of primary amides is 1. The summed E-state index contributed by atoms with van der Waals surface area (Å²) in [6, 6.07) is 9.28. The number of carboxylic acids is 3. The number of aryl methyl sites for hydroxylation is 1. The quantitative estimate of drug-likeness (QED) is 0.0512. The van der Waals surface area contributed by atoms with Crippen LogP contribution in [0.5, 0.6) is 0 Å². The average molecular weight is 1080 g/mol. The summed E-state index contributed by atoms with van der Waals surface area (Å²) in [4.78, 5) is 139. The molecule has 6 rings (SSSR count). The van der Waals surface area contributed by atoms with E-state index < -0.39 is 103 Å². The van der Waals surface area contributed by atoms with Gasteiger partial charge in [-0.2, -0.15) is 0 Å². The molecule has 0 spiro atoms. The molecule has 77 heavy (non-hydrogen) atoms. The number of carboxylic acid groups (broad SMARTS) is 3. The van der Waals surface area contributed by atoms with E-state index in [0.29, 0.717) is 77.1 Å². The second kappa shape index (κ2) is 29.1. The highest BCUT2D eigenvalue weighted by molar-refractivity contribution is 6.08. The number of benzene rings is 2. The standard InChI is InChI=1S/C28H41N7O10.C23H29N3O6/c29-22(36)14-30-24(38)15-31-28(45)21(5-6-25(39)40)32-23(37)13-19-1-3-20(4-2-19)16-33-7-9-34(17-26(41)42)11-12-35(10-8-33)18-27(43)44;1-3-12(2)9-18(27)24-15-8-7-13-5-4-6-14-10-17(26(20(13)14)22(15)30)21(29)25-16-11-19(28)32-23(16)31/h1-4,21H,5-18H2,(H2,29,36)(H,30,38)(H,31,45)(H,32,37)(H,39,40)(H,41,42)(H,43,44);4-6,12,15-17,23,31H,3,7-11H2,1-2H3,(H,24,27)(H,25,29). The summed E-state index contributed by atoms with van der Waals surface area (Å²) in [5, 5.41) is 49.9. The van der Waals surface area contributed by atoms with Crippen LogP contribution in [0.1, 0.15) is 74.6 Å². The molecule has 26 nitrogen and oxygen atoms in total. The van der Waals surface area contributed by atoms with E-state index in [1.807, 2.05) is 44.2 Å². The highest BCUT2D eigenvalue weighted by Gasteiger charge is 2.46. The molecule has 0 radical (unpaired) electrons. The minimum absolute atomic E-state index is 0.103. The Bertz CT molecular complexity index is 2470. The molecule has 4 aliphatic heterocycles. The van der Waals surface area contributed by atoms with Gasteiger partial charge in [0.25, 0.3) is 0 Å². The third-order valence-corrected chi connectivity index (χ3v) is 13.5. The normalized spacial score (nSPS) is 20.4. The number of para-hydroxylation sites is 1. The SMILES string of the molecule is CCC(C)CC(=O)NC1CCc2cccc3c2N(C1=O)C(C(=O)NC1CC(=O)OC1O)C3.NC(=O)CNC(=O)CNC(=O)C(CCC(=O)O)NC(=O)Cc1ccc(CN2CCN(CC(=O)O)CCN(CC(=O)O)CC2)cc1. The maximum Gasteiger partial charge on any atom is 0.317 e. The first-order valence-corrected chi connectivity index (χ1v) is 25.5. The van der Waals surface area contributed by atoms with Crippen LogP contribution in [0.4, 0.5) is 5.69 Å². The fourth-order valence-electron chi connectivity index (χ4n) is 9.20. The van der Waals surface area contributed by atoms with Crippen LogP contribution < -0.4 is 37.2 Å². The van der Waals surface area contributed by atoms with Crippen molar-refractivity contribution in [3.05, 3.63) is 64.7 Å². The number of amides is 7. The summed E-state index contributed by atoms with van der Waals surface area (Å²) >= 11 is 0. The van der Waals surface area contributed by atoms with Gasteiger partial charge in [0.15, 0.2) is 0 Å². The topological polar surface area (TPSA) is 377 Å². The van der Waals surface area contributed by atoms with Crippen LogP contribution in [0.3, 0.4) is 0 Å². The number of carbonyl (C=O) groups excluding carboxylic acids is 8. The molecule has 2 fully saturated rings. The molecule has 26 heteroatoms. The van der Waals surface area contributed by atoms with Crippen molar-refractivity contribution < 1.29 is 77.9 Å². The van der Waals surface area contributed by atoms with E-state index >= 15 is 0 Å². The monoisotopic (exact) mass is 1080 g/mol. The number of nitrogens with zero attached hydrogens (tertiary/aromatic N) is 4. The molecule has 6 atom stereocenters. The molecular formula is C51H70N10O16. The smallest absolute Gasteiger partial charge is 0.317 e. The number of carbonyl (C=O) groups is 11. The molecule has 0 saturated carbocycles. The number of nitrogens with two attached hydrogens (primary N) is 1. The number of rotatable bonds is 23. The number of aliphatic hydroxyl groups is 1. The predicted octanol–water partition coefficient (Wildman–Crippen LogP) is -2.55. The summed E-state index contributed by atoms with van der Waals surface area (Å²) < 4.78 is 4.70. The van der Waals surface area contributed by atoms with Gasteiger partial charge in [-0.1, -0.05) is 62.7 Å². The fourth-order valence-corrected chi connectivity index (χ4v) is 9.20. The Balaban J connectivity index is 0.000000299. The molecule has 0 aromatic heterocycles. The van der Waals surface area contributed by atoms with Crippen LogP contribution in [0, 0.1) is 5.92 Å². The van der Waals surface area contributed by atoms with Gasteiger partial charge in [0, 0.05) is 65.1 Å². The van der Waals surface area contributed by atoms with Crippen LogP contribution in [-0.4, -0.2) is 196 Å². The molecule has 0 bridgehead atoms. The van der Waals surface area contributed by atoms with Gasteiger partial charge in [0.05, 0.1) is 44.7 Å². The van der Waals surface area contributed by atoms with Crippen molar-refractivity contribution in [2.45, 2.75) is 109 Å². The van der Waals surface area contributed by atoms with E-state index in [2.05, 4.69) is 31.5 Å². The molecule has 7 amide bonds. The van der Waals surface area contributed by atoms with Gasteiger partial charge in [-0.05, 0) is 47.4 Å². The molecular weight excluding hydrogens is 1010 g/mol. The third-order valence-electron chi connectivity index (χ3n) is 13.5. The molecule has 2 aromatic rings. The zero-order valence-electron chi connectivity index (χ0n) is 43.2. The average Bonchev–Trinajstić information content (AvgIpc) is 3.91. The number of aliphatic carboxylic acids is 3. The van der Waals surface area contributed by atoms with Crippen molar-refractivity contribution in [3.63, 3.8) is 0 Å². The fraction of sp³-hybridized carbons (Fsp3) is 0.549. The van der Waals surface area contributed by atoms with Gasteiger partial charge in [-0.15, -0.1) is 0 Å². The lowest BCUT2D eigenvalue weighted by atomic mass is 10.0. The zero-order chi connectivity index (χ0) is 56.3. The Labute approximate surface area is 444 Å². The zero-order valence-corrected chi connectivity index (χ0v) is 43.2. The Morgan fingerprint density at radius 2 is 1.35 bits per heavy atom. The van der Waals surface area contributed by atoms with Gasteiger partial charge >= 0.3 is 23.9 Å². The Morgan fingerprint density at radius 1 is 0.740 bits per heavy atom. The predicted molar refractivity (Wildman–Crippen MR) is 272 cm³/mol. The molecule has 0 aliphatic carbocycles.